The molecule has 3 rings (SSSR count). The number of carbonyl (C=O) groups is 1. The molecule has 0 aliphatic carbocycles. The molecule has 2 heterocycles. The van der Waals surface area contributed by atoms with Crippen molar-refractivity contribution in [2.75, 3.05) is 26.2 Å². The van der Waals surface area contributed by atoms with Gasteiger partial charge in [-0.3, -0.25) is 4.79 Å². The zero-order chi connectivity index (χ0) is 22.6. The lowest BCUT2D eigenvalue weighted by Gasteiger charge is -2.17. The number of alkyl halides is 3. The minimum Gasteiger partial charge on any atom is -0.351 e. The van der Waals surface area contributed by atoms with Gasteiger partial charge in [0.05, 0.1) is 5.69 Å². The van der Waals surface area contributed by atoms with Gasteiger partial charge in [-0.05, 0) is 56.4 Å². The summed E-state index contributed by atoms with van der Waals surface area (Å²) in [6.45, 7) is 7.08. The van der Waals surface area contributed by atoms with Gasteiger partial charge in [-0.25, -0.2) is 13.9 Å². The average molecular weight is 437 g/mol. The van der Waals surface area contributed by atoms with Gasteiger partial charge in [0, 0.05) is 18.2 Å². The highest BCUT2D eigenvalue weighted by Crippen LogP contribution is 2.32. The Kier molecular flexibility index (Phi) is 6.89. The van der Waals surface area contributed by atoms with E-state index in [0.29, 0.717) is 23.0 Å². The standard InChI is InChI=1S/C21H23F4N5O/c1-3-29(4-2)11-5-10-26-20(31)17-13-19-27-16(14-6-8-15(22)9-7-14)12-18(21(23,24)25)30(19)28-17/h6-9,12-13H,3-5,10-11H2,1-2H3,(H,26,31). The summed E-state index contributed by atoms with van der Waals surface area (Å²) in [5.41, 5.74) is -1.03. The molecular formula is C21H23F4N5O. The SMILES string of the molecule is CCN(CC)CCCNC(=O)c1cc2nc(-c3ccc(F)cc3)cc(C(F)(F)F)n2n1. The second-order valence-electron chi connectivity index (χ2n) is 6.97. The lowest BCUT2D eigenvalue weighted by atomic mass is 10.1. The number of amides is 1. The van der Waals surface area contributed by atoms with E-state index in [2.05, 4.69) is 20.3 Å². The average Bonchev–Trinajstić information content (AvgIpc) is 3.17. The molecule has 6 nitrogen and oxygen atoms in total. The first kappa shape index (κ1) is 22.7. The van der Waals surface area contributed by atoms with E-state index in [-0.39, 0.29) is 17.0 Å². The minimum atomic E-state index is -4.72. The van der Waals surface area contributed by atoms with Crippen LogP contribution in [0.3, 0.4) is 0 Å². The van der Waals surface area contributed by atoms with Crippen LogP contribution in [0.15, 0.2) is 36.4 Å². The Hall–Kier alpha value is -3.01. The molecule has 1 amide bonds. The molecular weight excluding hydrogens is 414 g/mol. The van der Waals surface area contributed by atoms with Gasteiger partial charge < -0.3 is 10.2 Å². The van der Waals surface area contributed by atoms with Crippen LogP contribution in [0.4, 0.5) is 17.6 Å². The number of nitrogens with one attached hydrogen (secondary N) is 1. The fourth-order valence-electron chi connectivity index (χ4n) is 3.19. The van der Waals surface area contributed by atoms with Crippen LogP contribution in [-0.2, 0) is 6.18 Å². The van der Waals surface area contributed by atoms with Gasteiger partial charge in [-0.2, -0.15) is 18.3 Å². The monoisotopic (exact) mass is 437 g/mol. The third-order valence-electron chi connectivity index (χ3n) is 4.92. The number of benzene rings is 1. The number of rotatable bonds is 8. The third kappa shape index (κ3) is 5.38. The van der Waals surface area contributed by atoms with Crippen molar-refractivity contribution in [3.63, 3.8) is 0 Å². The topological polar surface area (TPSA) is 62.5 Å². The highest BCUT2D eigenvalue weighted by molar-refractivity contribution is 5.93. The van der Waals surface area contributed by atoms with E-state index in [1.807, 2.05) is 13.8 Å². The van der Waals surface area contributed by atoms with Crippen LogP contribution in [0.5, 0.6) is 0 Å². The zero-order valence-corrected chi connectivity index (χ0v) is 17.2. The number of fused-ring (bicyclic) bond motifs is 1. The fourth-order valence-corrected chi connectivity index (χ4v) is 3.19. The Morgan fingerprint density at radius 1 is 1.13 bits per heavy atom. The summed E-state index contributed by atoms with van der Waals surface area (Å²) in [5, 5.41) is 6.51. The van der Waals surface area contributed by atoms with Gasteiger partial charge >= 0.3 is 6.18 Å². The first-order valence-corrected chi connectivity index (χ1v) is 9.97. The molecule has 10 heteroatoms. The molecule has 0 radical (unpaired) electrons. The van der Waals surface area contributed by atoms with E-state index in [0.717, 1.165) is 37.8 Å². The molecule has 1 aromatic carbocycles. The molecule has 0 aliphatic heterocycles. The predicted octanol–water partition coefficient (Wildman–Crippen LogP) is 4.02. The molecule has 0 spiro atoms. The van der Waals surface area contributed by atoms with Gasteiger partial charge in [0.2, 0.25) is 0 Å². The molecule has 0 saturated heterocycles. The Balaban J connectivity index is 1.86. The van der Waals surface area contributed by atoms with Crippen LogP contribution in [0.25, 0.3) is 16.9 Å². The van der Waals surface area contributed by atoms with E-state index in [1.165, 1.54) is 18.2 Å². The van der Waals surface area contributed by atoms with Crippen LogP contribution in [0.2, 0.25) is 0 Å². The maximum absolute atomic E-state index is 13.6. The van der Waals surface area contributed by atoms with Crippen molar-refractivity contribution in [1.82, 2.24) is 24.8 Å². The summed E-state index contributed by atoms with van der Waals surface area (Å²) in [7, 11) is 0. The molecule has 31 heavy (non-hydrogen) atoms. The second-order valence-corrected chi connectivity index (χ2v) is 6.97. The van der Waals surface area contributed by atoms with Crippen molar-refractivity contribution in [2.24, 2.45) is 0 Å². The first-order valence-electron chi connectivity index (χ1n) is 9.97. The van der Waals surface area contributed by atoms with Crippen LogP contribution >= 0.6 is 0 Å². The largest absolute Gasteiger partial charge is 0.433 e. The van der Waals surface area contributed by atoms with E-state index in [1.54, 1.807) is 0 Å². The van der Waals surface area contributed by atoms with Crippen molar-refractivity contribution in [3.05, 3.63) is 53.6 Å². The summed E-state index contributed by atoms with van der Waals surface area (Å²) in [5.74, 6) is -1.08. The predicted molar refractivity (Wildman–Crippen MR) is 108 cm³/mol. The number of aromatic nitrogens is 3. The number of hydrogen-bond donors (Lipinski definition) is 1. The highest BCUT2D eigenvalue weighted by Gasteiger charge is 2.35. The van der Waals surface area contributed by atoms with Gasteiger partial charge in [0.25, 0.3) is 5.91 Å². The summed E-state index contributed by atoms with van der Waals surface area (Å²) in [4.78, 5) is 18.8. The number of halogens is 4. The molecule has 0 saturated carbocycles. The fraction of sp³-hybridized carbons (Fsp3) is 0.381. The molecule has 0 unspecified atom stereocenters. The maximum atomic E-state index is 13.6. The van der Waals surface area contributed by atoms with Crippen molar-refractivity contribution in [2.45, 2.75) is 26.4 Å². The lowest BCUT2D eigenvalue weighted by molar-refractivity contribution is -0.142. The summed E-state index contributed by atoms with van der Waals surface area (Å²) in [6.07, 6.45) is -4.01. The second kappa shape index (κ2) is 9.42. The Morgan fingerprint density at radius 2 is 1.81 bits per heavy atom. The normalized spacial score (nSPS) is 12.0. The Morgan fingerprint density at radius 3 is 2.42 bits per heavy atom. The number of nitrogens with zero attached hydrogens (tertiary/aromatic N) is 4. The maximum Gasteiger partial charge on any atom is 0.433 e. The van der Waals surface area contributed by atoms with Crippen LogP contribution < -0.4 is 5.32 Å². The Bertz CT molecular complexity index is 1040. The van der Waals surface area contributed by atoms with Gasteiger partial charge in [-0.15, -0.1) is 0 Å². The molecule has 0 aliphatic rings. The summed E-state index contributed by atoms with van der Waals surface area (Å²) >= 11 is 0. The smallest absolute Gasteiger partial charge is 0.351 e. The van der Waals surface area contributed by atoms with Gasteiger partial charge in [0.15, 0.2) is 17.0 Å². The van der Waals surface area contributed by atoms with Crippen molar-refractivity contribution in [1.29, 1.82) is 0 Å². The van der Waals surface area contributed by atoms with E-state index < -0.39 is 23.6 Å². The first-order chi connectivity index (χ1) is 14.7. The Labute approximate surface area is 176 Å². The number of hydrogen-bond acceptors (Lipinski definition) is 4. The van der Waals surface area contributed by atoms with Crippen LogP contribution in [0.1, 0.15) is 36.5 Å². The molecule has 0 fully saturated rings. The van der Waals surface area contributed by atoms with E-state index >= 15 is 0 Å². The van der Waals surface area contributed by atoms with Crippen LogP contribution in [0, 0.1) is 5.82 Å². The molecule has 2 aromatic heterocycles. The minimum absolute atomic E-state index is 0.00547. The molecule has 166 valence electrons. The van der Waals surface area contributed by atoms with Gasteiger partial charge in [-0.1, -0.05) is 13.8 Å². The number of carbonyl (C=O) groups excluding carboxylic acids is 1. The zero-order valence-electron chi connectivity index (χ0n) is 17.2. The van der Waals surface area contributed by atoms with Gasteiger partial charge in [0.1, 0.15) is 5.82 Å². The molecule has 3 aromatic rings. The third-order valence-corrected chi connectivity index (χ3v) is 4.92. The molecule has 0 atom stereocenters. The summed E-state index contributed by atoms with van der Waals surface area (Å²) < 4.78 is 54.7. The molecule has 0 bridgehead atoms. The quantitative estimate of drug-likeness (QED) is 0.427. The van der Waals surface area contributed by atoms with Crippen LogP contribution in [-0.4, -0.2) is 51.6 Å². The molecule has 1 N–H and O–H groups in total. The van der Waals surface area contributed by atoms with E-state index in [9.17, 15) is 22.4 Å². The van der Waals surface area contributed by atoms with E-state index in [4.69, 9.17) is 0 Å². The van der Waals surface area contributed by atoms with Crippen molar-refractivity contribution in [3.8, 4) is 11.3 Å². The lowest BCUT2D eigenvalue weighted by Crippen LogP contribution is -2.30. The summed E-state index contributed by atoms with van der Waals surface area (Å²) in [6, 6.07) is 7.01. The van der Waals surface area contributed by atoms with Crippen molar-refractivity contribution >= 4 is 11.6 Å². The highest BCUT2D eigenvalue weighted by atomic mass is 19.4. The van der Waals surface area contributed by atoms with Crippen molar-refractivity contribution < 1.29 is 22.4 Å².